The molecule has 3 rings (SSSR count). The van der Waals surface area contributed by atoms with Crippen molar-refractivity contribution in [2.24, 2.45) is 0 Å². The van der Waals surface area contributed by atoms with Crippen LogP contribution in [0.4, 0.5) is 0 Å². The number of rotatable bonds is 7. The van der Waals surface area contributed by atoms with Gasteiger partial charge in [-0.15, -0.1) is 0 Å². The smallest absolute Gasteiger partial charge is 0.251 e. The van der Waals surface area contributed by atoms with Crippen molar-refractivity contribution in [1.82, 2.24) is 5.32 Å². The van der Waals surface area contributed by atoms with Crippen molar-refractivity contribution in [2.75, 3.05) is 13.7 Å². The highest BCUT2D eigenvalue weighted by atomic mass is 35.5. The monoisotopic (exact) mass is 419 g/mol. The van der Waals surface area contributed by atoms with Gasteiger partial charge in [0, 0.05) is 17.1 Å². The van der Waals surface area contributed by atoms with Crippen molar-refractivity contribution < 1.29 is 22.4 Å². The van der Waals surface area contributed by atoms with E-state index in [9.17, 15) is 13.2 Å². The number of carbonyl (C=O) groups excluding carboxylic acids is 1. The van der Waals surface area contributed by atoms with Crippen LogP contribution in [-0.2, 0) is 9.84 Å². The Morgan fingerprint density at radius 1 is 1.14 bits per heavy atom. The molecule has 28 heavy (non-hydrogen) atoms. The fraction of sp³-hybridized carbons (Fsp3) is 0.150. The van der Waals surface area contributed by atoms with Crippen molar-refractivity contribution in [2.45, 2.75) is 10.1 Å². The molecule has 0 aliphatic carbocycles. The third-order valence-electron chi connectivity index (χ3n) is 4.16. The maximum atomic E-state index is 13.2. The molecule has 1 amide bonds. The Morgan fingerprint density at radius 3 is 2.50 bits per heavy atom. The molecule has 0 radical (unpaired) electrons. The van der Waals surface area contributed by atoms with Crippen molar-refractivity contribution in [1.29, 1.82) is 0 Å². The van der Waals surface area contributed by atoms with Crippen molar-refractivity contribution >= 4 is 27.3 Å². The maximum Gasteiger partial charge on any atom is 0.251 e. The number of benzene rings is 2. The van der Waals surface area contributed by atoms with Gasteiger partial charge in [-0.3, -0.25) is 4.79 Å². The third-order valence-corrected chi connectivity index (χ3v) is 6.47. The average Bonchev–Trinajstić information content (AvgIpc) is 3.22. The van der Waals surface area contributed by atoms with E-state index in [1.165, 1.54) is 31.6 Å². The lowest BCUT2D eigenvalue weighted by atomic mass is 10.2. The SMILES string of the molecule is COc1ccc(S(=O)(=O)[C@@H](CNC(=O)c2cccc(Cl)c2)c2ccco2)cc1. The normalized spacial score (nSPS) is 12.4. The number of hydrogen-bond acceptors (Lipinski definition) is 5. The van der Waals surface area contributed by atoms with Crippen LogP contribution >= 0.6 is 11.6 Å². The van der Waals surface area contributed by atoms with Crippen LogP contribution in [0.15, 0.2) is 76.2 Å². The zero-order valence-electron chi connectivity index (χ0n) is 15.0. The van der Waals surface area contributed by atoms with E-state index in [1.54, 1.807) is 42.5 Å². The summed E-state index contributed by atoms with van der Waals surface area (Å²) in [6.45, 7) is -0.160. The van der Waals surface area contributed by atoms with E-state index < -0.39 is 21.0 Å². The third kappa shape index (κ3) is 4.37. The molecule has 0 unspecified atom stereocenters. The quantitative estimate of drug-likeness (QED) is 0.628. The van der Waals surface area contributed by atoms with E-state index in [1.807, 2.05) is 0 Å². The fourth-order valence-electron chi connectivity index (χ4n) is 2.68. The lowest BCUT2D eigenvalue weighted by Crippen LogP contribution is -2.31. The molecular formula is C20H18ClNO5S. The first kappa shape index (κ1) is 20.0. The standard InChI is InChI=1S/C20H18ClNO5S/c1-26-16-7-9-17(10-8-16)28(24,25)19(18-6-3-11-27-18)13-22-20(23)14-4-2-5-15(21)12-14/h2-12,19H,13H2,1H3,(H,22,23)/t19-/m0/s1. The number of carbonyl (C=O) groups is 1. The number of nitrogens with one attached hydrogen (secondary N) is 1. The minimum atomic E-state index is -3.83. The molecule has 0 fully saturated rings. The van der Waals surface area contributed by atoms with Crippen LogP contribution in [0.5, 0.6) is 5.75 Å². The second kappa shape index (κ2) is 8.50. The summed E-state index contributed by atoms with van der Waals surface area (Å²) in [7, 11) is -2.32. The first-order valence-electron chi connectivity index (χ1n) is 8.37. The van der Waals surface area contributed by atoms with Gasteiger partial charge in [0.1, 0.15) is 16.8 Å². The van der Waals surface area contributed by atoms with Crippen LogP contribution in [0.3, 0.4) is 0 Å². The van der Waals surface area contributed by atoms with Crippen LogP contribution in [0, 0.1) is 0 Å². The molecule has 0 spiro atoms. The van der Waals surface area contributed by atoms with Crippen LogP contribution in [0.1, 0.15) is 21.4 Å². The number of methoxy groups -OCH3 is 1. The molecule has 0 aliphatic heterocycles. The molecule has 1 aromatic heterocycles. The molecule has 0 aliphatic rings. The largest absolute Gasteiger partial charge is 0.497 e. The lowest BCUT2D eigenvalue weighted by molar-refractivity contribution is 0.0953. The Balaban J connectivity index is 1.86. The van der Waals surface area contributed by atoms with Crippen LogP contribution < -0.4 is 10.1 Å². The minimum Gasteiger partial charge on any atom is -0.497 e. The molecule has 146 valence electrons. The van der Waals surface area contributed by atoms with E-state index in [-0.39, 0.29) is 17.2 Å². The average molecular weight is 420 g/mol. The topological polar surface area (TPSA) is 85.6 Å². The zero-order chi connectivity index (χ0) is 20.1. The Morgan fingerprint density at radius 2 is 1.89 bits per heavy atom. The summed E-state index contributed by atoms with van der Waals surface area (Å²) in [5.74, 6) is 0.356. The molecule has 1 N–H and O–H groups in total. The van der Waals surface area contributed by atoms with Crippen molar-refractivity contribution in [3.8, 4) is 5.75 Å². The molecule has 0 bridgehead atoms. The predicted octanol–water partition coefficient (Wildman–Crippen LogP) is 3.89. The highest BCUT2D eigenvalue weighted by Crippen LogP contribution is 2.30. The van der Waals surface area contributed by atoms with Crippen molar-refractivity contribution in [3.63, 3.8) is 0 Å². The minimum absolute atomic E-state index is 0.103. The second-order valence-corrected chi connectivity index (χ2v) is 8.51. The Bertz CT molecular complexity index is 1050. The van der Waals surface area contributed by atoms with E-state index in [4.69, 9.17) is 20.8 Å². The van der Waals surface area contributed by atoms with Crippen LogP contribution in [-0.4, -0.2) is 28.0 Å². The van der Waals surface area contributed by atoms with Gasteiger partial charge in [0.25, 0.3) is 5.91 Å². The van der Waals surface area contributed by atoms with Gasteiger partial charge in [0.2, 0.25) is 0 Å². The number of sulfone groups is 1. The van der Waals surface area contributed by atoms with Gasteiger partial charge in [-0.05, 0) is 54.6 Å². The summed E-state index contributed by atoms with van der Waals surface area (Å²) in [6, 6.07) is 15.6. The van der Waals surface area contributed by atoms with Gasteiger partial charge >= 0.3 is 0 Å². The van der Waals surface area contributed by atoms with Gasteiger partial charge in [-0.2, -0.15) is 0 Å². The van der Waals surface area contributed by atoms with Crippen LogP contribution in [0.2, 0.25) is 5.02 Å². The maximum absolute atomic E-state index is 13.2. The van der Waals surface area contributed by atoms with Crippen LogP contribution in [0.25, 0.3) is 0 Å². The predicted molar refractivity (Wildman–Crippen MR) is 105 cm³/mol. The molecule has 0 saturated heterocycles. The summed E-state index contributed by atoms with van der Waals surface area (Å²) in [4.78, 5) is 12.5. The van der Waals surface area contributed by atoms with Gasteiger partial charge in [-0.1, -0.05) is 17.7 Å². The van der Waals surface area contributed by atoms with Gasteiger partial charge in [0.05, 0.1) is 18.3 Å². The zero-order valence-corrected chi connectivity index (χ0v) is 16.5. The van der Waals surface area contributed by atoms with E-state index in [2.05, 4.69) is 5.32 Å². The molecule has 1 atom stereocenters. The Labute approximate surface area is 168 Å². The number of amides is 1. The summed E-state index contributed by atoms with van der Waals surface area (Å²) >= 11 is 5.91. The van der Waals surface area contributed by atoms with Gasteiger partial charge in [0.15, 0.2) is 9.84 Å². The highest BCUT2D eigenvalue weighted by molar-refractivity contribution is 7.91. The lowest BCUT2D eigenvalue weighted by Gasteiger charge is -2.17. The second-order valence-electron chi connectivity index (χ2n) is 5.94. The molecule has 1 heterocycles. The first-order chi connectivity index (χ1) is 13.4. The Hall–Kier alpha value is -2.77. The molecule has 8 heteroatoms. The van der Waals surface area contributed by atoms with Crippen molar-refractivity contribution in [3.05, 3.63) is 83.3 Å². The summed E-state index contributed by atoms with van der Waals surface area (Å²) in [5.41, 5.74) is 0.340. The van der Waals surface area contributed by atoms with Gasteiger partial charge < -0.3 is 14.5 Å². The molecular weight excluding hydrogens is 402 g/mol. The number of halogens is 1. The molecule has 6 nitrogen and oxygen atoms in total. The van der Waals surface area contributed by atoms with E-state index >= 15 is 0 Å². The molecule has 0 saturated carbocycles. The number of furan rings is 1. The Kier molecular flexibility index (Phi) is 6.06. The molecule has 2 aromatic carbocycles. The number of hydrogen-bond donors (Lipinski definition) is 1. The first-order valence-corrected chi connectivity index (χ1v) is 10.3. The summed E-state index contributed by atoms with van der Waals surface area (Å²) in [6.07, 6.45) is 1.39. The summed E-state index contributed by atoms with van der Waals surface area (Å²) in [5, 5.41) is 1.98. The van der Waals surface area contributed by atoms with Gasteiger partial charge in [-0.25, -0.2) is 8.42 Å². The molecule has 3 aromatic rings. The van der Waals surface area contributed by atoms with E-state index in [0.717, 1.165) is 0 Å². The fourth-order valence-corrected chi connectivity index (χ4v) is 4.46. The number of ether oxygens (including phenoxy) is 1. The van der Waals surface area contributed by atoms with E-state index in [0.29, 0.717) is 16.3 Å². The highest BCUT2D eigenvalue weighted by Gasteiger charge is 2.32. The summed E-state index contributed by atoms with van der Waals surface area (Å²) < 4.78 is 36.7.